The highest BCUT2D eigenvalue weighted by atomic mass is 16.2. The first-order valence-electron chi connectivity index (χ1n) is 8.45. The van der Waals surface area contributed by atoms with Crippen LogP contribution in [0.5, 0.6) is 0 Å². The number of fused-ring (bicyclic) bond motifs is 2. The maximum absolute atomic E-state index is 11.0. The standard InChI is InChI=1S/C19H17N7O/c1-12(22-23-13(2)27)16-7-8-18-19(21-16)26(25-24-18)11-14-5-6-17-15(10-14)4-3-9-20-17/h3-10H,11H2,1-2H3,(H,23,27)/b22-12+. The monoisotopic (exact) mass is 359 g/mol. The second-order valence-electron chi connectivity index (χ2n) is 6.18. The van der Waals surface area contributed by atoms with Crippen LogP contribution in [0.15, 0.2) is 53.8 Å². The first kappa shape index (κ1) is 16.8. The molecule has 4 rings (SSSR count). The van der Waals surface area contributed by atoms with E-state index in [1.165, 1.54) is 6.92 Å². The number of amides is 1. The van der Waals surface area contributed by atoms with Crippen molar-refractivity contribution >= 4 is 33.7 Å². The van der Waals surface area contributed by atoms with E-state index in [-0.39, 0.29) is 5.91 Å². The molecular formula is C19H17N7O. The van der Waals surface area contributed by atoms with Crippen LogP contribution in [0.25, 0.3) is 22.1 Å². The largest absolute Gasteiger partial charge is 0.274 e. The van der Waals surface area contributed by atoms with E-state index in [4.69, 9.17) is 0 Å². The third kappa shape index (κ3) is 3.50. The summed E-state index contributed by atoms with van der Waals surface area (Å²) in [5.41, 5.74) is 7.09. The van der Waals surface area contributed by atoms with Crippen LogP contribution in [0.1, 0.15) is 25.1 Å². The number of carbonyl (C=O) groups is 1. The molecule has 0 fully saturated rings. The smallest absolute Gasteiger partial charge is 0.236 e. The Morgan fingerprint density at radius 2 is 2.00 bits per heavy atom. The van der Waals surface area contributed by atoms with Crippen LogP contribution in [-0.4, -0.2) is 36.6 Å². The molecule has 0 unspecified atom stereocenters. The van der Waals surface area contributed by atoms with Crippen molar-refractivity contribution in [3.05, 3.63) is 59.9 Å². The van der Waals surface area contributed by atoms with Crippen LogP contribution in [0.2, 0.25) is 0 Å². The molecule has 0 aliphatic carbocycles. The summed E-state index contributed by atoms with van der Waals surface area (Å²) < 4.78 is 1.75. The number of carbonyl (C=O) groups excluding carboxylic acids is 1. The molecule has 0 spiro atoms. The molecule has 0 saturated heterocycles. The number of nitrogens with zero attached hydrogens (tertiary/aromatic N) is 6. The molecule has 0 atom stereocenters. The fourth-order valence-corrected chi connectivity index (χ4v) is 2.78. The van der Waals surface area contributed by atoms with Gasteiger partial charge in [-0.3, -0.25) is 9.78 Å². The molecule has 4 aromatic rings. The molecule has 1 aromatic carbocycles. The Hall–Kier alpha value is -3.68. The predicted octanol–water partition coefficient (Wildman–Crippen LogP) is 2.28. The van der Waals surface area contributed by atoms with Gasteiger partial charge in [-0.15, -0.1) is 5.10 Å². The van der Waals surface area contributed by atoms with Crippen LogP contribution in [0.3, 0.4) is 0 Å². The van der Waals surface area contributed by atoms with Crippen LogP contribution in [0.4, 0.5) is 0 Å². The third-order valence-corrected chi connectivity index (χ3v) is 4.11. The van der Waals surface area contributed by atoms with Crippen molar-refractivity contribution in [1.29, 1.82) is 0 Å². The molecule has 8 nitrogen and oxygen atoms in total. The van der Waals surface area contributed by atoms with Crippen LogP contribution >= 0.6 is 0 Å². The number of pyridine rings is 2. The molecular weight excluding hydrogens is 342 g/mol. The number of nitrogens with one attached hydrogen (secondary N) is 1. The fraction of sp³-hybridized carbons (Fsp3) is 0.158. The Morgan fingerprint density at radius 1 is 1.15 bits per heavy atom. The van der Waals surface area contributed by atoms with E-state index in [1.807, 2.05) is 36.4 Å². The lowest BCUT2D eigenvalue weighted by molar-refractivity contribution is -0.118. The zero-order valence-corrected chi connectivity index (χ0v) is 14.9. The normalized spacial score (nSPS) is 11.9. The molecule has 8 heteroatoms. The lowest BCUT2D eigenvalue weighted by Gasteiger charge is -2.05. The molecule has 27 heavy (non-hydrogen) atoms. The molecule has 0 aliphatic rings. The second-order valence-corrected chi connectivity index (χ2v) is 6.18. The minimum absolute atomic E-state index is 0.229. The molecule has 0 radical (unpaired) electrons. The summed E-state index contributed by atoms with van der Waals surface area (Å²) in [7, 11) is 0. The van der Waals surface area contributed by atoms with Crippen molar-refractivity contribution in [1.82, 2.24) is 30.4 Å². The molecule has 0 bridgehead atoms. The zero-order valence-electron chi connectivity index (χ0n) is 14.9. The summed E-state index contributed by atoms with van der Waals surface area (Å²) in [4.78, 5) is 20.0. The van der Waals surface area contributed by atoms with E-state index < -0.39 is 0 Å². The lowest BCUT2D eigenvalue weighted by atomic mass is 10.1. The molecule has 0 saturated carbocycles. The summed E-state index contributed by atoms with van der Waals surface area (Å²) in [6.45, 7) is 3.74. The van der Waals surface area contributed by atoms with Gasteiger partial charge in [-0.25, -0.2) is 15.1 Å². The second kappa shape index (κ2) is 6.91. The van der Waals surface area contributed by atoms with Gasteiger partial charge in [0.05, 0.1) is 23.5 Å². The van der Waals surface area contributed by atoms with Gasteiger partial charge >= 0.3 is 0 Å². The van der Waals surface area contributed by atoms with Gasteiger partial charge < -0.3 is 0 Å². The summed E-state index contributed by atoms with van der Waals surface area (Å²) in [5.74, 6) is -0.229. The van der Waals surface area contributed by atoms with E-state index in [2.05, 4.69) is 36.9 Å². The number of hydrazone groups is 1. The summed E-state index contributed by atoms with van der Waals surface area (Å²) in [6, 6.07) is 13.7. The van der Waals surface area contributed by atoms with Crippen molar-refractivity contribution in [2.75, 3.05) is 0 Å². The van der Waals surface area contributed by atoms with Crippen LogP contribution in [0, 0.1) is 0 Å². The maximum atomic E-state index is 11.0. The Balaban J connectivity index is 1.67. The highest BCUT2D eigenvalue weighted by Crippen LogP contribution is 2.16. The Morgan fingerprint density at radius 3 is 2.85 bits per heavy atom. The maximum Gasteiger partial charge on any atom is 0.236 e. The van der Waals surface area contributed by atoms with Crippen molar-refractivity contribution in [2.24, 2.45) is 5.10 Å². The minimum atomic E-state index is -0.229. The third-order valence-electron chi connectivity index (χ3n) is 4.11. The first-order chi connectivity index (χ1) is 13.1. The van der Waals surface area contributed by atoms with Gasteiger partial charge in [-0.1, -0.05) is 17.3 Å². The Labute approximate surface area is 154 Å². The van der Waals surface area contributed by atoms with E-state index in [1.54, 1.807) is 17.8 Å². The SMILES string of the molecule is CC(=O)N/N=C(\C)c1ccc2nnn(Cc3ccc4ncccc4c3)c2n1. The molecule has 1 amide bonds. The zero-order chi connectivity index (χ0) is 18.8. The van der Waals surface area contributed by atoms with Gasteiger partial charge in [-0.05, 0) is 42.8 Å². The van der Waals surface area contributed by atoms with Gasteiger partial charge in [0.1, 0.15) is 5.52 Å². The van der Waals surface area contributed by atoms with Crippen molar-refractivity contribution in [3.63, 3.8) is 0 Å². The molecule has 134 valence electrons. The Kier molecular flexibility index (Phi) is 4.29. The molecule has 1 N–H and O–H groups in total. The van der Waals surface area contributed by atoms with E-state index >= 15 is 0 Å². The average Bonchev–Trinajstić information content (AvgIpc) is 3.08. The highest BCUT2D eigenvalue weighted by Gasteiger charge is 2.10. The van der Waals surface area contributed by atoms with E-state index in [9.17, 15) is 4.79 Å². The van der Waals surface area contributed by atoms with Crippen molar-refractivity contribution in [2.45, 2.75) is 20.4 Å². The Bertz CT molecular complexity index is 1180. The van der Waals surface area contributed by atoms with Gasteiger partial charge in [0.25, 0.3) is 0 Å². The fourth-order valence-electron chi connectivity index (χ4n) is 2.78. The van der Waals surface area contributed by atoms with Gasteiger partial charge in [0.15, 0.2) is 5.65 Å². The average molecular weight is 359 g/mol. The minimum Gasteiger partial charge on any atom is -0.274 e. The van der Waals surface area contributed by atoms with Gasteiger partial charge in [-0.2, -0.15) is 5.10 Å². The molecule has 3 heterocycles. The van der Waals surface area contributed by atoms with E-state index in [0.29, 0.717) is 29.1 Å². The number of benzene rings is 1. The summed E-state index contributed by atoms with van der Waals surface area (Å²) in [6.07, 6.45) is 1.78. The van der Waals surface area contributed by atoms with Gasteiger partial charge in [0, 0.05) is 18.5 Å². The number of rotatable bonds is 4. The van der Waals surface area contributed by atoms with Crippen molar-refractivity contribution < 1.29 is 4.79 Å². The van der Waals surface area contributed by atoms with Crippen molar-refractivity contribution in [3.8, 4) is 0 Å². The number of aromatic nitrogens is 5. The summed E-state index contributed by atoms with van der Waals surface area (Å²) >= 11 is 0. The van der Waals surface area contributed by atoms with Gasteiger partial charge in [0.2, 0.25) is 5.91 Å². The predicted molar refractivity (Wildman–Crippen MR) is 102 cm³/mol. The number of hydrogen-bond acceptors (Lipinski definition) is 6. The van der Waals surface area contributed by atoms with Crippen LogP contribution < -0.4 is 5.43 Å². The summed E-state index contributed by atoms with van der Waals surface area (Å²) in [5, 5.41) is 13.5. The highest BCUT2D eigenvalue weighted by molar-refractivity contribution is 5.98. The van der Waals surface area contributed by atoms with E-state index in [0.717, 1.165) is 16.5 Å². The first-order valence-corrected chi connectivity index (χ1v) is 8.45. The quantitative estimate of drug-likeness (QED) is 0.445. The van der Waals surface area contributed by atoms with Crippen LogP contribution in [-0.2, 0) is 11.3 Å². The molecule has 0 aliphatic heterocycles. The number of hydrogen-bond donors (Lipinski definition) is 1. The topological polar surface area (TPSA) is 98.0 Å². The molecule has 3 aromatic heterocycles. The lowest BCUT2D eigenvalue weighted by Crippen LogP contribution is -2.15.